The lowest BCUT2D eigenvalue weighted by Gasteiger charge is -2.63. The molecule has 0 radical (unpaired) electrons. The Bertz CT molecular complexity index is 924. The first-order valence-electron chi connectivity index (χ1n) is 9.94. The summed E-state index contributed by atoms with van der Waals surface area (Å²) in [5.41, 5.74) is -0.530. The molecule has 1 aromatic rings. The summed E-state index contributed by atoms with van der Waals surface area (Å²) in [6.45, 7) is 12.4. The van der Waals surface area contributed by atoms with Crippen molar-refractivity contribution in [2.45, 2.75) is 64.9 Å². The first-order chi connectivity index (χ1) is 13.2. The topological polar surface area (TPSA) is 66.5 Å². The third-order valence-electron chi connectivity index (χ3n) is 6.91. The molecule has 29 heavy (non-hydrogen) atoms. The summed E-state index contributed by atoms with van der Waals surface area (Å²) in [6, 6.07) is 1.37. The molecule has 3 fully saturated rings. The van der Waals surface area contributed by atoms with E-state index in [2.05, 4.69) is 18.6 Å². The maximum Gasteiger partial charge on any atom is 0.241 e. The van der Waals surface area contributed by atoms with Crippen LogP contribution in [0.2, 0.25) is 0 Å². The number of sulfonamides is 1. The minimum atomic E-state index is -4.21. The van der Waals surface area contributed by atoms with E-state index in [-0.39, 0.29) is 17.4 Å². The molecule has 8 heteroatoms. The van der Waals surface area contributed by atoms with Gasteiger partial charge in [0.2, 0.25) is 15.9 Å². The molecular formula is C21H30F2N2O3S. The molecule has 4 rings (SSSR count). The van der Waals surface area contributed by atoms with Crippen LogP contribution in [0.15, 0.2) is 23.1 Å². The van der Waals surface area contributed by atoms with Crippen LogP contribution in [-0.2, 0) is 14.8 Å². The van der Waals surface area contributed by atoms with Crippen LogP contribution >= 0.6 is 0 Å². The third kappa shape index (κ3) is 3.81. The van der Waals surface area contributed by atoms with E-state index in [4.69, 9.17) is 0 Å². The van der Waals surface area contributed by atoms with Crippen molar-refractivity contribution in [1.29, 1.82) is 0 Å². The molecule has 1 aliphatic carbocycles. The van der Waals surface area contributed by atoms with Crippen molar-refractivity contribution in [3.05, 3.63) is 29.8 Å². The van der Waals surface area contributed by atoms with Gasteiger partial charge >= 0.3 is 0 Å². The van der Waals surface area contributed by atoms with Crippen molar-refractivity contribution in [2.24, 2.45) is 22.7 Å². The number of benzene rings is 1. The second-order valence-corrected chi connectivity index (χ2v) is 11.8. The van der Waals surface area contributed by atoms with Crippen molar-refractivity contribution in [1.82, 2.24) is 9.62 Å². The predicted octanol–water partition coefficient (Wildman–Crippen LogP) is 3.55. The average molecular weight is 429 g/mol. The molecule has 4 atom stereocenters. The van der Waals surface area contributed by atoms with Gasteiger partial charge in [-0.15, -0.1) is 0 Å². The van der Waals surface area contributed by atoms with Crippen LogP contribution in [0.5, 0.6) is 0 Å². The molecule has 2 bridgehead atoms. The highest BCUT2D eigenvalue weighted by molar-refractivity contribution is 7.89. The summed E-state index contributed by atoms with van der Waals surface area (Å²) in [5, 5.41) is 0. The minimum absolute atomic E-state index is 0.0140. The molecule has 1 N–H and O–H groups in total. The largest absolute Gasteiger partial charge is 0.338 e. The zero-order chi connectivity index (χ0) is 21.9. The maximum atomic E-state index is 13.6. The Hall–Kier alpha value is -1.54. The van der Waals surface area contributed by atoms with Gasteiger partial charge in [0.15, 0.2) is 11.6 Å². The number of hydrogen-bond acceptors (Lipinski definition) is 3. The summed E-state index contributed by atoms with van der Waals surface area (Å²) < 4.78 is 54.9. The molecule has 0 aromatic heterocycles. The van der Waals surface area contributed by atoms with Crippen LogP contribution in [0.3, 0.4) is 0 Å². The summed E-state index contributed by atoms with van der Waals surface area (Å²) in [7, 11) is -4.21. The van der Waals surface area contributed by atoms with E-state index in [1.807, 2.05) is 6.92 Å². The Balaban J connectivity index is 1.87. The molecule has 1 aromatic carbocycles. The summed E-state index contributed by atoms with van der Waals surface area (Å²) in [4.78, 5) is 14.8. The van der Waals surface area contributed by atoms with Crippen LogP contribution < -0.4 is 4.72 Å². The molecule has 1 saturated carbocycles. The van der Waals surface area contributed by atoms with E-state index >= 15 is 0 Å². The Morgan fingerprint density at radius 3 is 2.34 bits per heavy atom. The Morgan fingerprint density at radius 2 is 1.86 bits per heavy atom. The van der Waals surface area contributed by atoms with Crippen LogP contribution in [0, 0.1) is 34.3 Å². The second kappa shape index (κ2) is 7.01. The van der Waals surface area contributed by atoms with Gasteiger partial charge < -0.3 is 4.90 Å². The molecule has 2 saturated heterocycles. The summed E-state index contributed by atoms with van der Waals surface area (Å²) in [6.07, 6.45) is 1.08. The van der Waals surface area contributed by atoms with Gasteiger partial charge in [0.1, 0.15) is 6.04 Å². The highest BCUT2D eigenvalue weighted by Gasteiger charge is 2.57. The van der Waals surface area contributed by atoms with Gasteiger partial charge in [-0.1, -0.05) is 34.6 Å². The lowest BCUT2D eigenvalue weighted by Crippen LogP contribution is -2.68. The molecule has 2 heterocycles. The van der Waals surface area contributed by atoms with Gasteiger partial charge in [-0.2, -0.15) is 4.72 Å². The zero-order valence-corrected chi connectivity index (χ0v) is 18.6. The first kappa shape index (κ1) is 22.2. The highest BCUT2D eigenvalue weighted by atomic mass is 32.2. The number of nitrogens with zero attached hydrogens (tertiary/aromatic N) is 1. The smallest absolute Gasteiger partial charge is 0.241 e. The van der Waals surface area contributed by atoms with Gasteiger partial charge in [-0.05, 0) is 54.2 Å². The van der Waals surface area contributed by atoms with Crippen LogP contribution in [0.25, 0.3) is 0 Å². The van der Waals surface area contributed by atoms with E-state index in [9.17, 15) is 22.0 Å². The number of hydrogen-bond donors (Lipinski definition) is 1. The quantitative estimate of drug-likeness (QED) is 0.798. The number of carbonyl (C=O) groups is 1. The molecule has 2 aliphatic heterocycles. The van der Waals surface area contributed by atoms with Gasteiger partial charge in [0, 0.05) is 12.6 Å². The van der Waals surface area contributed by atoms with Crippen LogP contribution in [0.4, 0.5) is 8.78 Å². The van der Waals surface area contributed by atoms with Gasteiger partial charge in [0.25, 0.3) is 0 Å². The van der Waals surface area contributed by atoms with Crippen LogP contribution in [0.1, 0.15) is 48.0 Å². The van der Waals surface area contributed by atoms with Crippen molar-refractivity contribution >= 4 is 15.9 Å². The minimum Gasteiger partial charge on any atom is -0.338 e. The van der Waals surface area contributed by atoms with E-state index in [0.717, 1.165) is 18.6 Å². The van der Waals surface area contributed by atoms with Gasteiger partial charge in [-0.25, -0.2) is 17.2 Å². The number of amides is 1. The van der Waals surface area contributed by atoms with Crippen LogP contribution in [-0.4, -0.2) is 37.9 Å². The molecule has 0 spiro atoms. The van der Waals surface area contributed by atoms with Crippen molar-refractivity contribution in [3.63, 3.8) is 0 Å². The van der Waals surface area contributed by atoms with E-state index in [1.165, 1.54) is 0 Å². The standard InChI is InChI=1S/C21H30F2N2O3S/c1-12-15-9-13(21(15,5)6)11-25(12)19(26)18(20(2,3)4)24-29(27,28)14-7-8-16(22)17(23)10-14/h7-8,10,12-13,15,18,24H,9,11H2,1-6H3/t12-,13?,15+,18-/m1/s1. The highest BCUT2D eigenvalue weighted by Crippen LogP contribution is 2.57. The maximum absolute atomic E-state index is 13.6. The average Bonchev–Trinajstić information content (AvgIpc) is 2.60. The molecular weight excluding hydrogens is 398 g/mol. The normalized spacial score (nSPS) is 27.3. The number of fused-ring (bicyclic) bond motifs is 2. The fourth-order valence-corrected chi connectivity index (χ4v) is 6.13. The Labute approximate surface area is 171 Å². The number of carbonyl (C=O) groups excluding carboxylic acids is 1. The van der Waals surface area contributed by atoms with E-state index < -0.39 is 38.0 Å². The van der Waals surface area contributed by atoms with Crippen molar-refractivity contribution in [2.75, 3.05) is 6.54 Å². The van der Waals surface area contributed by atoms with Gasteiger partial charge in [-0.3, -0.25) is 4.79 Å². The SMILES string of the molecule is C[C@@H]1[C@@H]2CC(CN1C(=O)[C@@H](NS(=O)(=O)c1ccc(F)c(F)c1)C(C)(C)C)C2(C)C. The zero-order valence-electron chi connectivity index (χ0n) is 17.8. The Morgan fingerprint density at radius 1 is 1.24 bits per heavy atom. The summed E-state index contributed by atoms with van der Waals surface area (Å²) >= 11 is 0. The monoisotopic (exact) mass is 428 g/mol. The predicted molar refractivity (Wildman–Crippen MR) is 106 cm³/mol. The molecule has 162 valence electrons. The second-order valence-electron chi connectivity index (χ2n) is 10.1. The number of rotatable bonds is 4. The lowest BCUT2D eigenvalue weighted by atomic mass is 9.50. The molecule has 1 unspecified atom stereocenters. The third-order valence-corrected chi connectivity index (χ3v) is 8.33. The summed E-state index contributed by atoms with van der Waals surface area (Å²) in [5.74, 6) is -1.87. The lowest BCUT2D eigenvalue weighted by molar-refractivity contribution is -0.169. The molecule has 1 amide bonds. The Kier molecular flexibility index (Phi) is 5.36. The van der Waals surface area contributed by atoms with E-state index in [1.54, 1.807) is 25.7 Å². The fourth-order valence-electron chi connectivity index (χ4n) is 4.73. The number of halogens is 2. The number of nitrogens with one attached hydrogen (secondary N) is 1. The first-order valence-corrected chi connectivity index (χ1v) is 11.4. The fraction of sp³-hybridized carbons (Fsp3) is 0.667. The van der Waals surface area contributed by atoms with Crippen molar-refractivity contribution < 1.29 is 22.0 Å². The van der Waals surface area contributed by atoms with E-state index in [0.29, 0.717) is 24.4 Å². The van der Waals surface area contributed by atoms with Gasteiger partial charge in [0.05, 0.1) is 4.90 Å². The molecule has 3 aliphatic rings. The number of piperidine rings is 2. The van der Waals surface area contributed by atoms with Crippen molar-refractivity contribution in [3.8, 4) is 0 Å². The molecule has 5 nitrogen and oxygen atoms in total.